The van der Waals surface area contributed by atoms with Crippen LogP contribution in [0.5, 0.6) is 0 Å². The van der Waals surface area contributed by atoms with E-state index in [4.69, 9.17) is 0 Å². The summed E-state index contributed by atoms with van der Waals surface area (Å²) in [5.74, 6) is -1.27. The molecule has 1 unspecified atom stereocenters. The molecule has 0 spiro atoms. The lowest BCUT2D eigenvalue weighted by Gasteiger charge is -2.13. The minimum atomic E-state index is -0.783. The highest BCUT2D eigenvalue weighted by molar-refractivity contribution is 7.07. The largest absolute Gasteiger partial charge is 0.481 e. The van der Waals surface area contributed by atoms with Gasteiger partial charge in [-0.15, -0.1) is 0 Å². The van der Waals surface area contributed by atoms with Crippen molar-refractivity contribution in [1.82, 2.24) is 5.32 Å². The Kier molecular flexibility index (Phi) is 5.12. The van der Waals surface area contributed by atoms with Gasteiger partial charge >= 0.3 is 5.97 Å². The summed E-state index contributed by atoms with van der Waals surface area (Å²) >= 11 is 1.68. The average Bonchev–Trinajstić information content (AvgIpc) is 2.92. The van der Waals surface area contributed by atoms with Crippen molar-refractivity contribution in [1.29, 1.82) is 0 Å². The van der Waals surface area contributed by atoms with Gasteiger partial charge in [0.1, 0.15) is 0 Å². The molecule has 0 saturated heterocycles. The van der Waals surface area contributed by atoms with E-state index in [1.165, 1.54) is 5.56 Å². The molecule has 1 aromatic carbocycles. The molecule has 0 amide bonds. The second-order valence-electron chi connectivity index (χ2n) is 4.39. The van der Waals surface area contributed by atoms with Crippen LogP contribution >= 0.6 is 11.3 Å². The normalized spacial score (nSPS) is 12.2. The van der Waals surface area contributed by atoms with Gasteiger partial charge in [0.2, 0.25) is 0 Å². The van der Waals surface area contributed by atoms with Crippen LogP contribution in [0.1, 0.15) is 17.0 Å². The van der Waals surface area contributed by atoms with Crippen molar-refractivity contribution >= 4 is 17.3 Å². The molecule has 3 nitrogen and oxygen atoms in total. The number of aliphatic carboxylic acids is 1. The molecule has 1 atom stereocenters. The molecule has 19 heavy (non-hydrogen) atoms. The molecule has 2 rings (SSSR count). The predicted molar refractivity (Wildman–Crippen MR) is 77.7 cm³/mol. The summed E-state index contributed by atoms with van der Waals surface area (Å²) in [5, 5.41) is 16.7. The Morgan fingerprint density at radius 1 is 1.26 bits per heavy atom. The molecule has 0 saturated carbocycles. The highest BCUT2D eigenvalue weighted by atomic mass is 32.1. The van der Waals surface area contributed by atoms with Gasteiger partial charge in [0.05, 0.1) is 5.92 Å². The van der Waals surface area contributed by atoms with E-state index in [0.29, 0.717) is 6.54 Å². The zero-order valence-electron chi connectivity index (χ0n) is 10.6. The summed E-state index contributed by atoms with van der Waals surface area (Å²) in [5.41, 5.74) is 2.14. The van der Waals surface area contributed by atoms with E-state index in [1.54, 1.807) is 11.3 Å². The van der Waals surface area contributed by atoms with E-state index in [1.807, 2.05) is 30.3 Å². The number of carboxylic acid groups (broad SMARTS) is 1. The van der Waals surface area contributed by atoms with Crippen LogP contribution < -0.4 is 5.32 Å². The monoisotopic (exact) mass is 275 g/mol. The van der Waals surface area contributed by atoms with Crippen molar-refractivity contribution in [2.45, 2.75) is 12.3 Å². The zero-order valence-corrected chi connectivity index (χ0v) is 11.4. The molecular formula is C15H17NO2S. The lowest BCUT2D eigenvalue weighted by molar-refractivity contribution is -0.138. The Hall–Kier alpha value is -1.65. The van der Waals surface area contributed by atoms with Gasteiger partial charge in [0.25, 0.3) is 0 Å². The maximum Gasteiger partial charge on any atom is 0.312 e. The topological polar surface area (TPSA) is 49.3 Å². The van der Waals surface area contributed by atoms with E-state index in [-0.39, 0.29) is 0 Å². The van der Waals surface area contributed by atoms with Crippen molar-refractivity contribution in [2.75, 3.05) is 13.1 Å². The molecule has 0 aliphatic rings. The van der Waals surface area contributed by atoms with Gasteiger partial charge in [-0.2, -0.15) is 11.3 Å². The maximum atomic E-state index is 11.3. The lowest BCUT2D eigenvalue weighted by atomic mass is 9.99. The van der Waals surface area contributed by atoms with E-state index in [9.17, 15) is 9.90 Å². The third kappa shape index (κ3) is 4.19. The molecule has 0 fully saturated rings. The van der Waals surface area contributed by atoms with Crippen LogP contribution in [0, 0.1) is 0 Å². The van der Waals surface area contributed by atoms with Gasteiger partial charge in [-0.1, -0.05) is 30.3 Å². The first-order valence-electron chi connectivity index (χ1n) is 6.27. The molecule has 0 radical (unpaired) electrons. The first kappa shape index (κ1) is 13.8. The lowest BCUT2D eigenvalue weighted by Crippen LogP contribution is -2.28. The first-order chi connectivity index (χ1) is 9.27. The Bertz CT molecular complexity index is 496. The number of benzene rings is 1. The predicted octanol–water partition coefficient (Wildman–Crippen LogP) is 2.75. The van der Waals surface area contributed by atoms with Crippen molar-refractivity contribution in [3.63, 3.8) is 0 Å². The minimum absolute atomic E-state index is 0.462. The average molecular weight is 275 g/mol. The fraction of sp³-hybridized carbons (Fsp3) is 0.267. The molecule has 1 aromatic heterocycles. The SMILES string of the molecule is O=C(O)C(CNCCc1ccsc1)c1ccccc1. The Balaban J connectivity index is 1.83. The fourth-order valence-corrected chi connectivity index (χ4v) is 2.65. The fourth-order valence-electron chi connectivity index (χ4n) is 1.95. The molecule has 2 aromatic rings. The summed E-state index contributed by atoms with van der Waals surface area (Å²) < 4.78 is 0. The summed E-state index contributed by atoms with van der Waals surface area (Å²) in [6.45, 7) is 1.26. The third-order valence-corrected chi connectivity index (χ3v) is 3.75. The summed E-state index contributed by atoms with van der Waals surface area (Å²) in [7, 11) is 0. The van der Waals surface area contributed by atoms with Gasteiger partial charge in [-0.3, -0.25) is 4.79 Å². The molecule has 1 heterocycles. The van der Waals surface area contributed by atoms with Crippen LogP contribution in [0.4, 0.5) is 0 Å². The van der Waals surface area contributed by atoms with Gasteiger partial charge < -0.3 is 10.4 Å². The Morgan fingerprint density at radius 3 is 2.68 bits per heavy atom. The third-order valence-electron chi connectivity index (χ3n) is 3.02. The first-order valence-corrected chi connectivity index (χ1v) is 7.21. The van der Waals surface area contributed by atoms with Crippen molar-refractivity contribution < 1.29 is 9.90 Å². The second kappa shape index (κ2) is 7.07. The number of carbonyl (C=O) groups is 1. The molecule has 100 valence electrons. The van der Waals surface area contributed by atoms with Crippen LogP contribution in [0.15, 0.2) is 47.2 Å². The quantitative estimate of drug-likeness (QED) is 0.764. The highest BCUT2D eigenvalue weighted by Crippen LogP contribution is 2.14. The number of hydrogen-bond acceptors (Lipinski definition) is 3. The minimum Gasteiger partial charge on any atom is -0.481 e. The maximum absolute atomic E-state index is 11.3. The number of carboxylic acids is 1. The second-order valence-corrected chi connectivity index (χ2v) is 5.17. The summed E-state index contributed by atoms with van der Waals surface area (Å²) in [4.78, 5) is 11.3. The van der Waals surface area contributed by atoms with Crippen molar-refractivity contribution in [3.05, 3.63) is 58.3 Å². The van der Waals surface area contributed by atoms with Gasteiger partial charge in [0, 0.05) is 6.54 Å². The smallest absolute Gasteiger partial charge is 0.312 e. The van der Waals surface area contributed by atoms with Gasteiger partial charge in [0.15, 0.2) is 0 Å². The van der Waals surface area contributed by atoms with Crippen LogP contribution in [-0.4, -0.2) is 24.2 Å². The number of hydrogen-bond donors (Lipinski definition) is 2. The van der Waals surface area contributed by atoms with E-state index >= 15 is 0 Å². The number of nitrogens with one attached hydrogen (secondary N) is 1. The van der Waals surface area contributed by atoms with E-state index < -0.39 is 11.9 Å². The molecule has 0 aliphatic heterocycles. The standard InChI is InChI=1S/C15H17NO2S/c17-15(18)14(13-4-2-1-3-5-13)10-16-8-6-12-7-9-19-11-12/h1-5,7,9,11,14,16H,6,8,10H2,(H,17,18). The molecular weight excluding hydrogens is 258 g/mol. The van der Waals surface area contributed by atoms with Gasteiger partial charge in [-0.25, -0.2) is 0 Å². The number of thiophene rings is 1. The van der Waals surface area contributed by atoms with Crippen LogP contribution in [0.3, 0.4) is 0 Å². The van der Waals surface area contributed by atoms with Crippen LogP contribution in [0.2, 0.25) is 0 Å². The molecule has 4 heteroatoms. The highest BCUT2D eigenvalue weighted by Gasteiger charge is 2.18. The Morgan fingerprint density at radius 2 is 2.05 bits per heavy atom. The number of rotatable bonds is 7. The van der Waals surface area contributed by atoms with Crippen molar-refractivity contribution in [3.8, 4) is 0 Å². The molecule has 2 N–H and O–H groups in total. The zero-order chi connectivity index (χ0) is 13.5. The van der Waals surface area contributed by atoms with Crippen LogP contribution in [0.25, 0.3) is 0 Å². The molecule has 0 bridgehead atoms. The summed E-state index contributed by atoms with van der Waals surface area (Å²) in [6, 6.07) is 11.5. The van der Waals surface area contributed by atoms with Crippen LogP contribution in [-0.2, 0) is 11.2 Å². The molecule has 0 aliphatic carbocycles. The van der Waals surface area contributed by atoms with E-state index in [0.717, 1.165) is 18.5 Å². The summed E-state index contributed by atoms with van der Waals surface area (Å²) in [6.07, 6.45) is 0.935. The van der Waals surface area contributed by atoms with Crippen molar-refractivity contribution in [2.24, 2.45) is 0 Å². The Labute approximate surface area is 116 Å². The van der Waals surface area contributed by atoms with Gasteiger partial charge in [-0.05, 0) is 40.9 Å². The van der Waals surface area contributed by atoms with E-state index in [2.05, 4.69) is 22.1 Å².